The van der Waals surface area contributed by atoms with Crippen LogP contribution in [0.1, 0.15) is 40.5 Å². The van der Waals surface area contributed by atoms with Gasteiger partial charge in [-0.05, 0) is 60.4 Å². The van der Waals surface area contributed by atoms with E-state index in [0.29, 0.717) is 6.04 Å². The molecule has 0 saturated heterocycles. The Morgan fingerprint density at radius 3 is 3.11 bits per heavy atom. The van der Waals surface area contributed by atoms with E-state index in [-0.39, 0.29) is 0 Å². The fourth-order valence-corrected chi connectivity index (χ4v) is 3.99. The van der Waals surface area contributed by atoms with Crippen molar-refractivity contribution < 1.29 is 0 Å². The Morgan fingerprint density at radius 1 is 1.37 bits per heavy atom. The van der Waals surface area contributed by atoms with Gasteiger partial charge < -0.3 is 5.32 Å². The van der Waals surface area contributed by atoms with Crippen LogP contribution in [0, 0.1) is 6.92 Å². The number of rotatable bonds is 3. The molecule has 1 aromatic carbocycles. The predicted octanol–water partition coefficient (Wildman–Crippen LogP) is 4.99. The molecule has 1 atom stereocenters. The van der Waals surface area contributed by atoms with Gasteiger partial charge in [-0.1, -0.05) is 28.1 Å². The highest BCUT2D eigenvalue weighted by molar-refractivity contribution is 9.10. The van der Waals surface area contributed by atoms with Crippen LogP contribution < -0.4 is 5.32 Å². The zero-order valence-electron chi connectivity index (χ0n) is 11.1. The number of halogens is 1. The molecule has 1 aromatic heterocycles. The minimum absolute atomic E-state index is 0.541. The topological polar surface area (TPSA) is 12.0 Å². The number of nitrogens with one attached hydrogen (secondary N) is 1. The number of hydrogen-bond donors (Lipinski definition) is 1. The lowest BCUT2D eigenvalue weighted by atomic mass is 9.94. The van der Waals surface area contributed by atoms with Crippen LogP contribution in [-0.4, -0.2) is 0 Å². The quantitative estimate of drug-likeness (QED) is 0.833. The molecule has 19 heavy (non-hydrogen) atoms. The summed E-state index contributed by atoms with van der Waals surface area (Å²) in [4.78, 5) is 1.58. The Labute approximate surface area is 127 Å². The molecule has 3 rings (SSSR count). The smallest absolute Gasteiger partial charge is 0.0334 e. The van der Waals surface area contributed by atoms with Crippen molar-refractivity contribution in [2.75, 3.05) is 0 Å². The van der Waals surface area contributed by atoms with E-state index in [4.69, 9.17) is 0 Å². The van der Waals surface area contributed by atoms with Crippen LogP contribution in [0.5, 0.6) is 0 Å². The summed E-state index contributed by atoms with van der Waals surface area (Å²) in [6, 6.07) is 9.43. The predicted molar refractivity (Wildman–Crippen MR) is 85.7 cm³/mol. The summed E-state index contributed by atoms with van der Waals surface area (Å²) in [5.41, 5.74) is 4.20. The van der Waals surface area contributed by atoms with Crippen molar-refractivity contribution in [2.24, 2.45) is 0 Å². The highest BCUT2D eigenvalue weighted by Gasteiger charge is 2.20. The molecule has 1 aliphatic carbocycles. The molecule has 0 fully saturated rings. The SMILES string of the molecule is Cc1cc(CNC2CCCc3sccc32)ccc1Br. The minimum atomic E-state index is 0.541. The van der Waals surface area contributed by atoms with Gasteiger partial charge >= 0.3 is 0 Å². The molecule has 1 heterocycles. The van der Waals surface area contributed by atoms with Crippen molar-refractivity contribution in [1.29, 1.82) is 0 Å². The van der Waals surface area contributed by atoms with Crippen LogP contribution in [0.3, 0.4) is 0 Å². The normalized spacial score (nSPS) is 18.3. The van der Waals surface area contributed by atoms with E-state index in [1.165, 1.54) is 40.4 Å². The fraction of sp³-hybridized carbons (Fsp3) is 0.375. The molecular weight excluding hydrogens is 318 g/mol. The summed E-state index contributed by atoms with van der Waals surface area (Å²) in [7, 11) is 0. The lowest BCUT2D eigenvalue weighted by molar-refractivity contribution is 0.463. The van der Waals surface area contributed by atoms with E-state index < -0.39 is 0 Å². The second-order valence-electron chi connectivity index (χ2n) is 5.21. The standard InChI is InChI=1S/C16H18BrNS/c1-11-9-12(5-6-14(11)17)10-18-15-3-2-4-16-13(15)7-8-19-16/h5-9,15,18H,2-4,10H2,1H3. The fourth-order valence-electron chi connectivity index (χ4n) is 2.76. The van der Waals surface area contributed by atoms with Crippen molar-refractivity contribution in [3.8, 4) is 0 Å². The van der Waals surface area contributed by atoms with Crippen molar-refractivity contribution >= 4 is 27.3 Å². The Hall–Kier alpha value is -0.640. The van der Waals surface area contributed by atoms with Crippen molar-refractivity contribution in [3.63, 3.8) is 0 Å². The van der Waals surface area contributed by atoms with Gasteiger partial charge in [-0.15, -0.1) is 11.3 Å². The molecule has 0 amide bonds. The van der Waals surface area contributed by atoms with Gasteiger partial charge in [-0.3, -0.25) is 0 Å². The van der Waals surface area contributed by atoms with E-state index in [9.17, 15) is 0 Å². The molecule has 3 heteroatoms. The van der Waals surface area contributed by atoms with Gasteiger partial charge in [0.25, 0.3) is 0 Å². The number of hydrogen-bond acceptors (Lipinski definition) is 2. The van der Waals surface area contributed by atoms with Crippen LogP contribution in [0.2, 0.25) is 0 Å². The van der Waals surface area contributed by atoms with Crippen molar-refractivity contribution in [2.45, 2.75) is 38.8 Å². The van der Waals surface area contributed by atoms with Crippen LogP contribution in [0.4, 0.5) is 0 Å². The molecular formula is C16H18BrNS. The highest BCUT2D eigenvalue weighted by atomic mass is 79.9. The van der Waals surface area contributed by atoms with E-state index in [0.717, 1.165) is 6.54 Å². The minimum Gasteiger partial charge on any atom is -0.306 e. The average molecular weight is 336 g/mol. The summed E-state index contributed by atoms with van der Waals surface area (Å²) < 4.78 is 1.19. The average Bonchev–Trinajstić information content (AvgIpc) is 2.89. The molecule has 0 aliphatic heterocycles. The maximum atomic E-state index is 3.72. The lowest BCUT2D eigenvalue weighted by Gasteiger charge is -2.24. The van der Waals surface area contributed by atoms with Gasteiger partial charge in [-0.2, -0.15) is 0 Å². The summed E-state index contributed by atoms with van der Waals surface area (Å²) in [5.74, 6) is 0. The third kappa shape index (κ3) is 2.93. The molecule has 100 valence electrons. The summed E-state index contributed by atoms with van der Waals surface area (Å²) in [6.45, 7) is 3.10. The molecule has 1 aliphatic rings. The molecule has 1 N–H and O–H groups in total. The van der Waals surface area contributed by atoms with Gasteiger partial charge in [-0.25, -0.2) is 0 Å². The van der Waals surface area contributed by atoms with E-state index in [1.807, 2.05) is 11.3 Å². The first-order valence-electron chi connectivity index (χ1n) is 6.79. The van der Waals surface area contributed by atoms with Crippen LogP contribution >= 0.6 is 27.3 Å². The Bertz CT molecular complexity index is 576. The van der Waals surface area contributed by atoms with Crippen LogP contribution in [0.15, 0.2) is 34.1 Å². The van der Waals surface area contributed by atoms with Crippen molar-refractivity contribution in [1.82, 2.24) is 5.32 Å². The van der Waals surface area contributed by atoms with Gasteiger partial charge in [0, 0.05) is 21.9 Å². The number of aryl methyl sites for hydroxylation is 2. The summed E-state index contributed by atoms with van der Waals surface area (Å²) in [6.07, 6.45) is 3.84. The zero-order chi connectivity index (χ0) is 13.2. The number of fused-ring (bicyclic) bond motifs is 1. The first kappa shape index (κ1) is 13.3. The van der Waals surface area contributed by atoms with Gasteiger partial charge in [0.05, 0.1) is 0 Å². The zero-order valence-corrected chi connectivity index (χ0v) is 13.5. The molecule has 1 unspecified atom stereocenters. The van der Waals surface area contributed by atoms with Gasteiger partial charge in [0.15, 0.2) is 0 Å². The first-order valence-corrected chi connectivity index (χ1v) is 8.46. The van der Waals surface area contributed by atoms with E-state index in [2.05, 4.69) is 57.8 Å². The maximum absolute atomic E-state index is 3.72. The second-order valence-corrected chi connectivity index (χ2v) is 7.06. The monoisotopic (exact) mass is 335 g/mol. The van der Waals surface area contributed by atoms with Crippen LogP contribution in [0.25, 0.3) is 0 Å². The van der Waals surface area contributed by atoms with E-state index in [1.54, 1.807) is 4.88 Å². The third-order valence-corrected chi connectivity index (χ3v) is 5.71. The first-order chi connectivity index (χ1) is 9.24. The largest absolute Gasteiger partial charge is 0.306 e. The summed E-state index contributed by atoms with van der Waals surface area (Å²) in [5, 5.41) is 5.95. The molecule has 2 aromatic rings. The molecule has 1 nitrogen and oxygen atoms in total. The number of thiophene rings is 1. The molecule has 0 saturated carbocycles. The Morgan fingerprint density at radius 2 is 2.26 bits per heavy atom. The summed E-state index contributed by atoms with van der Waals surface area (Å²) >= 11 is 5.46. The van der Waals surface area contributed by atoms with Gasteiger partial charge in [0.2, 0.25) is 0 Å². The highest BCUT2D eigenvalue weighted by Crippen LogP contribution is 2.33. The Kier molecular flexibility index (Phi) is 4.06. The second kappa shape index (κ2) is 5.78. The number of benzene rings is 1. The van der Waals surface area contributed by atoms with E-state index >= 15 is 0 Å². The molecule has 0 bridgehead atoms. The third-order valence-electron chi connectivity index (χ3n) is 3.83. The lowest BCUT2D eigenvalue weighted by Crippen LogP contribution is -2.23. The molecule has 0 spiro atoms. The van der Waals surface area contributed by atoms with Gasteiger partial charge in [0.1, 0.15) is 0 Å². The van der Waals surface area contributed by atoms with Crippen molar-refractivity contribution in [3.05, 3.63) is 55.7 Å². The van der Waals surface area contributed by atoms with Crippen LogP contribution in [-0.2, 0) is 13.0 Å². The maximum Gasteiger partial charge on any atom is 0.0334 e. The molecule has 0 radical (unpaired) electrons. The Balaban J connectivity index is 1.69.